The number of hydrogen-bond donors (Lipinski definition) is 1. The fourth-order valence-electron chi connectivity index (χ4n) is 1.89. The molecule has 2 aromatic heterocycles. The van der Waals surface area contributed by atoms with Gasteiger partial charge in [-0.3, -0.25) is 4.79 Å². The van der Waals surface area contributed by atoms with Crippen LogP contribution in [-0.4, -0.2) is 16.1 Å². The predicted molar refractivity (Wildman–Crippen MR) is 91.0 cm³/mol. The van der Waals surface area contributed by atoms with Crippen LogP contribution in [0.3, 0.4) is 0 Å². The van der Waals surface area contributed by atoms with Crippen molar-refractivity contribution in [2.24, 2.45) is 0 Å². The standard InChI is InChI=1S/C15H11Cl2N3O2S/c16-9-3-1-4-10(14(9)17)18-12(21)6-7-13-19-20-15(22-13)11-5-2-8-23-11/h1-5,8H,6-7H2,(H,18,21). The Morgan fingerprint density at radius 2 is 2.09 bits per heavy atom. The molecule has 0 saturated heterocycles. The van der Waals surface area contributed by atoms with Crippen LogP contribution in [0.5, 0.6) is 0 Å². The molecule has 0 saturated carbocycles. The van der Waals surface area contributed by atoms with Gasteiger partial charge in [-0.1, -0.05) is 35.3 Å². The molecule has 0 radical (unpaired) electrons. The molecule has 3 aromatic rings. The van der Waals surface area contributed by atoms with Crippen LogP contribution in [0.15, 0.2) is 40.1 Å². The normalized spacial score (nSPS) is 10.7. The van der Waals surface area contributed by atoms with Gasteiger partial charge in [-0.25, -0.2) is 0 Å². The number of benzene rings is 1. The van der Waals surface area contributed by atoms with Gasteiger partial charge in [-0.15, -0.1) is 21.5 Å². The summed E-state index contributed by atoms with van der Waals surface area (Å²) in [5.41, 5.74) is 0.481. The van der Waals surface area contributed by atoms with E-state index >= 15 is 0 Å². The third-order valence-corrected chi connectivity index (χ3v) is 4.67. The van der Waals surface area contributed by atoms with Crippen LogP contribution in [0.25, 0.3) is 10.8 Å². The maximum atomic E-state index is 12.0. The molecule has 1 aromatic carbocycles. The lowest BCUT2D eigenvalue weighted by Gasteiger charge is -2.07. The molecule has 3 rings (SSSR count). The SMILES string of the molecule is O=C(CCc1nnc(-c2cccs2)o1)Nc1cccc(Cl)c1Cl. The first-order chi connectivity index (χ1) is 11.1. The van der Waals surface area contributed by atoms with E-state index in [1.165, 1.54) is 11.3 Å². The van der Waals surface area contributed by atoms with Crippen LogP contribution in [0.4, 0.5) is 5.69 Å². The first kappa shape index (κ1) is 16.0. The van der Waals surface area contributed by atoms with Crippen molar-refractivity contribution in [3.8, 4) is 10.8 Å². The molecule has 8 heteroatoms. The number of thiophene rings is 1. The Bertz CT molecular complexity index is 818. The Labute approximate surface area is 146 Å². The molecule has 0 aliphatic heterocycles. The van der Waals surface area contributed by atoms with Gasteiger partial charge in [-0.2, -0.15) is 0 Å². The highest BCUT2D eigenvalue weighted by molar-refractivity contribution is 7.13. The van der Waals surface area contributed by atoms with Gasteiger partial charge in [0.05, 0.1) is 20.6 Å². The Morgan fingerprint density at radius 1 is 1.22 bits per heavy atom. The topological polar surface area (TPSA) is 68.0 Å². The highest BCUT2D eigenvalue weighted by Crippen LogP contribution is 2.29. The molecule has 0 spiro atoms. The predicted octanol–water partition coefficient (Wildman–Crippen LogP) is 4.68. The molecule has 1 N–H and O–H groups in total. The molecule has 1 amide bonds. The Hall–Kier alpha value is -1.89. The number of anilines is 1. The Kier molecular flexibility index (Phi) is 4.95. The maximum absolute atomic E-state index is 12.0. The average molecular weight is 368 g/mol. The van der Waals surface area contributed by atoms with Crippen molar-refractivity contribution in [3.05, 3.63) is 51.6 Å². The zero-order valence-electron chi connectivity index (χ0n) is 11.8. The minimum absolute atomic E-state index is 0.203. The average Bonchev–Trinajstić information content (AvgIpc) is 3.20. The number of carbonyl (C=O) groups excluding carboxylic acids is 1. The monoisotopic (exact) mass is 367 g/mol. The zero-order valence-corrected chi connectivity index (χ0v) is 14.1. The molecule has 0 unspecified atom stereocenters. The van der Waals surface area contributed by atoms with Crippen molar-refractivity contribution in [2.75, 3.05) is 5.32 Å². The van der Waals surface area contributed by atoms with E-state index in [4.69, 9.17) is 27.6 Å². The lowest BCUT2D eigenvalue weighted by Crippen LogP contribution is -2.12. The van der Waals surface area contributed by atoms with Crippen LogP contribution in [0, 0.1) is 0 Å². The van der Waals surface area contributed by atoms with E-state index in [0.717, 1.165) is 4.88 Å². The molecule has 2 heterocycles. The second-order valence-corrected chi connectivity index (χ2v) is 6.36. The van der Waals surface area contributed by atoms with Crippen molar-refractivity contribution >= 4 is 46.1 Å². The highest BCUT2D eigenvalue weighted by atomic mass is 35.5. The second-order valence-electron chi connectivity index (χ2n) is 4.63. The summed E-state index contributed by atoms with van der Waals surface area (Å²) in [6.07, 6.45) is 0.553. The second kappa shape index (κ2) is 7.12. The van der Waals surface area contributed by atoms with E-state index in [1.807, 2.05) is 17.5 Å². The van der Waals surface area contributed by atoms with Crippen molar-refractivity contribution in [2.45, 2.75) is 12.8 Å². The zero-order chi connectivity index (χ0) is 16.2. The van der Waals surface area contributed by atoms with Crippen molar-refractivity contribution in [3.63, 3.8) is 0 Å². The Balaban J connectivity index is 1.58. The third-order valence-electron chi connectivity index (χ3n) is 2.99. The first-order valence-corrected chi connectivity index (χ1v) is 8.37. The van der Waals surface area contributed by atoms with Gasteiger partial charge in [0.1, 0.15) is 0 Å². The number of rotatable bonds is 5. The van der Waals surface area contributed by atoms with Crippen LogP contribution in [-0.2, 0) is 11.2 Å². The van der Waals surface area contributed by atoms with Crippen LogP contribution in [0.1, 0.15) is 12.3 Å². The summed E-state index contributed by atoms with van der Waals surface area (Å²) >= 11 is 13.5. The summed E-state index contributed by atoms with van der Waals surface area (Å²) in [6.45, 7) is 0. The highest BCUT2D eigenvalue weighted by Gasteiger charge is 2.12. The molecule has 0 fully saturated rings. The Morgan fingerprint density at radius 3 is 2.87 bits per heavy atom. The lowest BCUT2D eigenvalue weighted by atomic mass is 10.2. The van der Waals surface area contributed by atoms with Gasteiger partial charge in [0.15, 0.2) is 0 Å². The van der Waals surface area contributed by atoms with E-state index in [9.17, 15) is 4.79 Å². The van der Waals surface area contributed by atoms with Crippen LogP contribution >= 0.6 is 34.5 Å². The van der Waals surface area contributed by atoms with Gasteiger partial charge in [-0.05, 0) is 23.6 Å². The number of halogens is 2. The molecule has 0 aliphatic rings. The molecule has 0 atom stereocenters. The van der Waals surface area contributed by atoms with Gasteiger partial charge >= 0.3 is 0 Å². The van der Waals surface area contributed by atoms with E-state index in [1.54, 1.807) is 18.2 Å². The summed E-state index contributed by atoms with van der Waals surface area (Å²) < 4.78 is 5.53. The number of hydrogen-bond acceptors (Lipinski definition) is 5. The fourth-order valence-corrected chi connectivity index (χ4v) is 2.88. The van der Waals surface area contributed by atoms with E-state index in [-0.39, 0.29) is 12.3 Å². The number of aromatic nitrogens is 2. The molecule has 118 valence electrons. The maximum Gasteiger partial charge on any atom is 0.257 e. The lowest BCUT2D eigenvalue weighted by molar-refractivity contribution is -0.116. The summed E-state index contributed by atoms with van der Waals surface area (Å²) in [5, 5.41) is 13.3. The summed E-state index contributed by atoms with van der Waals surface area (Å²) in [5.74, 6) is 0.680. The van der Waals surface area contributed by atoms with Gasteiger partial charge in [0, 0.05) is 12.8 Å². The number of nitrogens with one attached hydrogen (secondary N) is 1. The van der Waals surface area contributed by atoms with E-state index in [0.29, 0.717) is 33.9 Å². The number of carbonyl (C=O) groups is 1. The number of aryl methyl sites for hydroxylation is 1. The van der Waals surface area contributed by atoms with Crippen molar-refractivity contribution in [1.82, 2.24) is 10.2 Å². The molecular formula is C15H11Cl2N3O2S. The summed E-state index contributed by atoms with van der Waals surface area (Å²) in [4.78, 5) is 12.9. The summed E-state index contributed by atoms with van der Waals surface area (Å²) in [7, 11) is 0. The van der Waals surface area contributed by atoms with E-state index < -0.39 is 0 Å². The molecule has 0 bridgehead atoms. The summed E-state index contributed by atoms with van der Waals surface area (Å²) in [6, 6.07) is 8.87. The minimum atomic E-state index is -0.204. The van der Waals surface area contributed by atoms with Gasteiger partial charge in [0.2, 0.25) is 11.8 Å². The largest absolute Gasteiger partial charge is 0.420 e. The number of nitrogens with zero attached hydrogens (tertiary/aromatic N) is 2. The van der Waals surface area contributed by atoms with Gasteiger partial charge in [0.25, 0.3) is 5.89 Å². The number of amides is 1. The minimum Gasteiger partial charge on any atom is -0.420 e. The quantitative estimate of drug-likeness (QED) is 0.710. The van der Waals surface area contributed by atoms with Crippen LogP contribution < -0.4 is 5.32 Å². The molecular weight excluding hydrogens is 357 g/mol. The van der Waals surface area contributed by atoms with Crippen LogP contribution in [0.2, 0.25) is 10.0 Å². The third kappa shape index (κ3) is 3.90. The molecule has 23 heavy (non-hydrogen) atoms. The van der Waals surface area contributed by atoms with Gasteiger partial charge < -0.3 is 9.73 Å². The smallest absolute Gasteiger partial charge is 0.257 e. The van der Waals surface area contributed by atoms with Crippen molar-refractivity contribution in [1.29, 1.82) is 0 Å². The van der Waals surface area contributed by atoms with E-state index in [2.05, 4.69) is 15.5 Å². The molecule has 5 nitrogen and oxygen atoms in total. The fraction of sp³-hybridized carbons (Fsp3) is 0.133. The van der Waals surface area contributed by atoms with Crippen molar-refractivity contribution < 1.29 is 9.21 Å². The molecule has 0 aliphatic carbocycles. The first-order valence-electron chi connectivity index (χ1n) is 6.73.